The molecule has 5 heteroatoms. The molecule has 1 heterocycles. The van der Waals surface area contributed by atoms with Crippen LogP contribution < -0.4 is 10.4 Å². The highest BCUT2D eigenvalue weighted by molar-refractivity contribution is 5.75. The summed E-state index contributed by atoms with van der Waals surface area (Å²) in [5.41, 5.74) is 2.84. The van der Waals surface area contributed by atoms with Crippen LogP contribution in [0.4, 0.5) is 0 Å². The summed E-state index contributed by atoms with van der Waals surface area (Å²) in [6, 6.07) is 18.2. The lowest BCUT2D eigenvalue weighted by Gasteiger charge is -2.18. The second-order valence-corrected chi connectivity index (χ2v) is 6.66. The summed E-state index contributed by atoms with van der Waals surface area (Å²) in [6.45, 7) is 9.69. The molecule has 0 bridgehead atoms. The van der Waals surface area contributed by atoms with Crippen molar-refractivity contribution >= 4 is 11.0 Å². The Labute approximate surface area is 161 Å². The zero-order chi connectivity index (χ0) is 19.1. The van der Waals surface area contributed by atoms with E-state index in [1.165, 1.54) is 0 Å². The van der Waals surface area contributed by atoms with Crippen LogP contribution in [0.2, 0.25) is 0 Å². The number of hydrogen-bond acceptors (Lipinski definition) is 3. The monoisotopic (exact) mass is 366 g/mol. The Bertz CT molecular complexity index is 894. The van der Waals surface area contributed by atoms with Gasteiger partial charge in [0.2, 0.25) is 5.62 Å². The van der Waals surface area contributed by atoms with Crippen LogP contribution in [0.5, 0.6) is 5.75 Å². The van der Waals surface area contributed by atoms with E-state index in [0.717, 1.165) is 55.9 Å². The van der Waals surface area contributed by atoms with Gasteiger partial charge >= 0.3 is 0 Å². The molecule has 0 fully saturated rings. The average molecular weight is 367 g/mol. The number of rotatable bonds is 10. The second-order valence-electron chi connectivity index (χ2n) is 6.66. The van der Waals surface area contributed by atoms with Crippen LogP contribution >= 0.6 is 0 Å². The van der Waals surface area contributed by atoms with Crippen molar-refractivity contribution in [3.63, 3.8) is 0 Å². The molecule has 0 atom stereocenters. The van der Waals surface area contributed by atoms with E-state index in [4.69, 9.17) is 10.1 Å². The molecule has 0 saturated carbocycles. The van der Waals surface area contributed by atoms with Gasteiger partial charge in [-0.2, -0.15) is 0 Å². The van der Waals surface area contributed by atoms with Crippen molar-refractivity contribution in [3.05, 3.63) is 60.2 Å². The minimum absolute atomic E-state index is 0.572. The molecule has 144 valence electrons. The molecular weight excluding hydrogens is 336 g/mol. The van der Waals surface area contributed by atoms with Crippen LogP contribution in [-0.4, -0.2) is 40.3 Å². The van der Waals surface area contributed by atoms with Crippen LogP contribution in [-0.2, 0) is 13.1 Å². The normalized spacial score (nSPS) is 11.4. The standard InChI is InChI=1S/C22H30N4O/c1-3-24(4-2)16-17-26-21-14-9-8-13-20(21)25(22(26)23)15-10-18-27-19-11-6-5-7-12-19/h5-9,11-14,23H,3-4,10,15-18H2,1-2H3. The summed E-state index contributed by atoms with van der Waals surface area (Å²) in [5.74, 6) is 0.898. The van der Waals surface area contributed by atoms with E-state index in [2.05, 4.69) is 46.1 Å². The predicted octanol–water partition coefficient (Wildman–Crippen LogP) is 3.73. The van der Waals surface area contributed by atoms with Crippen molar-refractivity contribution in [2.75, 3.05) is 26.2 Å². The smallest absolute Gasteiger partial charge is 0.203 e. The van der Waals surface area contributed by atoms with Crippen molar-refractivity contribution in [2.24, 2.45) is 0 Å². The first-order valence-corrected chi connectivity index (χ1v) is 9.87. The predicted molar refractivity (Wildman–Crippen MR) is 110 cm³/mol. The number of likely N-dealkylation sites (N-methyl/N-ethyl adjacent to an activating group) is 1. The van der Waals surface area contributed by atoms with Gasteiger partial charge in [-0.25, -0.2) is 0 Å². The number of ether oxygens (including phenoxy) is 1. The fourth-order valence-electron chi connectivity index (χ4n) is 3.46. The molecule has 1 N–H and O–H groups in total. The maximum Gasteiger partial charge on any atom is 0.203 e. The zero-order valence-electron chi connectivity index (χ0n) is 16.4. The Hall–Kier alpha value is -2.53. The molecule has 0 unspecified atom stereocenters. The fourth-order valence-corrected chi connectivity index (χ4v) is 3.46. The first kappa shape index (κ1) is 19.2. The van der Waals surface area contributed by atoms with Gasteiger partial charge < -0.3 is 18.8 Å². The minimum Gasteiger partial charge on any atom is -0.494 e. The Morgan fingerprint density at radius 3 is 2.07 bits per heavy atom. The zero-order valence-corrected chi connectivity index (χ0v) is 16.4. The first-order valence-electron chi connectivity index (χ1n) is 9.87. The quantitative estimate of drug-likeness (QED) is 0.556. The third-order valence-corrected chi connectivity index (χ3v) is 5.05. The number of fused-ring (bicyclic) bond motifs is 1. The lowest BCUT2D eigenvalue weighted by atomic mass is 10.3. The number of para-hydroxylation sites is 3. The van der Waals surface area contributed by atoms with Crippen LogP contribution in [0.1, 0.15) is 20.3 Å². The van der Waals surface area contributed by atoms with Gasteiger partial charge in [0.05, 0.1) is 17.6 Å². The molecule has 0 spiro atoms. The molecule has 0 aliphatic carbocycles. The Kier molecular flexibility index (Phi) is 6.71. The molecule has 3 rings (SSSR count). The fraction of sp³-hybridized carbons (Fsp3) is 0.409. The maximum atomic E-state index is 8.70. The molecule has 2 aromatic carbocycles. The van der Waals surface area contributed by atoms with Gasteiger partial charge in [0, 0.05) is 19.6 Å². The van der Waals surface area contributed by atoms with Gasteiger partial charge in [-0.3, -0.25) is 5.41 Å². The molecule has 0 aliphatic heterocycles. The highest BCUT2D eigenvalue weighted by Gasteiger charge is 2.11. The van der Waals surface area contributed by atoms with Gasteiger partial charge in [0.1, 0.15) is 5.75 Å². The topological polar surface area (TPSA) is 46.2 Å². The number of aryl methyl sites for hydroxylation is 1. The number of hydrogen-bond donors (Lipinski definition) is 1. The number of nitrogens with zero attached hydrogens (tertiary/aromatic N) is 3. The summed E-state index contributed by atoms with van der Waals surface area (Å²) in [5, 5.41) is 8.70. The maximum absolute atomic E-state index is 8.70. The third-order valence-electron chi connectivity index (χ3n) is 5.05. The van der Waals surface area contributed by atoms with E-state index in [1.54, 1.807) is 0 Å². The Balaban J connectivity index is 1.71. The number of nitrogens with one attached hydrogen (secondary N) is 1. The van der Waals surface area contributed by atoms with E-state index >= 15 is 0 Å². The van der Waals surface area contributed by atoms with Crippen LogP contribution in [0.3, 0.4) is 0 Å². The van der Waals surface area contributed by atoms with Crippen molar-refractivity contribution in [2.45, 2.75) is 33.4 Å². The average Bonchev–Trinajstić information content (AvgIpc) is 2.98. The van der Waals surface area contributed by atoms with Crippen molar-refractivity contribution in [1.29, 1.82) is 5.41 Å². The van der Waals surface area contributed by atoms with Crippen LogP contribution in [0.15, 0.2) is 54.6 Å². The van der Waals surface area contributed by atoms with Gasteiger partial charge in [-0.05, 0) is 43.8 Å². The summed E-state index contributed by atoms with van der Waals surface area (Å²) >= 11 is 0. The summed E-state index contributed by atoms with van der Waals surface area (Å²) in [4.78, 5) is 2.40. The molecule has 1 aromatic heterocycles. The molecule has 0 saturated heterocycles. The minimum atomic E-state index is 0.572. The van der Waals surface area contributed by atoms with Crippen molar-refractivity contribution in [1.82, 2.24) is 14.0 Å². The van der Waals surface area contributed by atoms with Crippen molar-refractivity contribution in [3.8, 4) is 5.75 Å². The first-order chi connectivity index (χ1) is 13.2. The SMILES string of the molecule is CCN(CC)CCn1c(=N)n(CCCOc2ccccc2)c2ccccc21. The molecule has 0 aliphatic rings. The van der Waals surface area contributed by atoms with E-state index < -0.39 is 0 Å². The summed E-state index contributed by atoms with van der Waals surface area (Å²) in [7, 11) is 0. The lowest BCUT2D eigenvalue weighted by Crippen LogP contribution is -2.32. The Morgan fingerprint density at radius 2 is 1.44 bits per heavy atom. The largest absolute Gasteiger partial charge is 0.494 e. The number of benzene rings is 2. The van der Waals surface area contributed by atoms with Gasteiger partial charge in [0.25, 0.3) is 0 Å². The molecule has 0 amide bonds. The highest BCUT2D eigenvalue weighted by Crippen LogP contribution is 2.14. The molecule has 27 heavy (non-hydrogen) atoms. The van der Waals surface area contributed by atoms with Gasteiger partial charge in [-0.15, -0.1) is 0 Å². The molecular formula is C22H30N4O. The van der Waals surface area contributed by atoms with E-state index in [-0.39, 0.29) is 0 Å². The third kappa shape index (κ3) is 4.61. The molecule has 5 nitrogen and oxygen atoms in total. The lowest BCUT2D eigenvalue weighted by molar-refractivity contribution is 0.287. The van der Waals surface area contributed by atoms with Crippen molar-refractivity contribution < 1.29 is 4.74 Å². The van der Waals surface area contributed by atoms with E-state index in [0.29, 0.717) is 12.2 Å². The molecule has 0 radical (unpaired) electrons. The summed E-state index contributed by atoms with van der Waals surface area (Å²) in [6.07, 6.45) is 0.871. The van der Waals surface area contributed by atoms with E-state index in [9.17, 15) is 0 Å². The summed E-state index contributed by atoms with van der Waals surface area (Å²) < 4.78 is 10.0. The molecule has 3 aromatic rings. The van der Waals surface area contributed by atoms with Crippen LogP contribution in [0, 0.1) is 5.41 Å². The number of imidazole rings is 1. The van der Waals surface area contributed by atoms with Crippen LogP contribution in [0.25, 0.3) is 11.0 Å². The number of aromatic nitrogens is 2. The highest BCUT2D eigenvalue weighted by atomic mass is 16.5. The second kappa shape index (κ2) is 9.42. The Morgan fingerprint density at radius 1 is 0.852 bits per heavy atom. The van der Waals surface area contributed by atoms with Gasteiger partial charge in [-0.1, -0.05) is 44.2 Å². The van der Waals surface area contributed by atoms with E-state index in [1.807, 2.05) is 36.4 Å². The van der Waals surface area contributed by atoms with Gasteiger partial charge in [0.15, 0.2) is 0 Å².